The van der Waals surface area contributed by atoms with Crippen molar-refractivity contribution >= 4 is 17.7 Å². The molecule has 0 spiro atoms. The van der Waals surface area contributed by atoms with Gasteiger partial charge in [0.1, 0.15) is 6.54 Å². The lowest BCUT2D eigenvalue weighted by Gasteiger charge is -2.28. The Morgan fingerprint density at radius 1 is 1.38 bits per heavy atom. The summed E-state index contributed by atoms with van der Waals surface area (Å²) in [6.45, 7) is 1.99. The smallest absolute Gasteiger partial charge is 0.325 e. The van der Waals surface area contributed by atoms with Crippen molar-refractivity contribution in [3.8, 4) is 0 Å². The van der Waals surface area contributed by atoms with Gasteiger partial charge in [0.2, 0.25) is 0 Å². The summed E-state index contributed by atoms with van der Waals surface area (Å²) in [6, 6.07) is -0.0355. The first-order chi connectivity index (χ1) is 10.1. The average Bonchev–Trinajstić information content (AvgIpc) is 2.85. The molecule has 0 radical (unpaired) electrons. The van der Waals surface area contributed by atoms with Gasteiger partial charge in [-0.3, -0.25) is 9.48 Å². The summed E-state index contributed by atoms with van der Waals surface area (Å²) < 4.78 is 1.27. The van der Waals surface area contributed by atoms with E-state index in [0.717, 1.165) is 31.6 Å². The highest BCUT2D eigenvalue weighted by atomic mass is 16.4. The number of carboxylic acids is 1. The Balaban J connectivity index is 1.77. The van der Waals surface area contributed by atoms with E-state index in [4.69, 9.17) is 5.11 Å². The fraction of sp³-hybridized carbons (Fsp3) is 0.643. The summed E-state index contributed by atoms with van der Waals surface area (Å²) in [4.78, 5) is 22.4. The van der Waals surface area contributed by atoms with E-state index < -0.39 is 5.97 Å². The second-order valence-corrected chi connectivity index (χ2v) is 5.54. The number of aromatic nitrogens is 2. The second kappa shape index (κ2) is 7.10. The molecule has 1 aliphatic rings. The Hall–Kier alpha value is -2.05. The Labute approximate surface area is 123 Å². The molecule has 0 bridgehead atoms. The summed E-state index contributed by atoms with van der Waals surface area (Å²) in [5.74, 6) is -0.179. The van der Waals surface area contributed by atoms with Crippen LogP contribution in [-0.2, 0) is 11.3 Å². The first-order valence-corrected chi connectivity index (χ1v) is 7.38. The molecule has 7 nitrogen and oxygen atoms in total. The summed E-state index contributed by atoms with van der Waals surface area (Å²) in [5.41, 5.74) is 0.496. The molecule has 1 heterocycles. The summed E-state index contributed by atoms with van der Waals surface area (Å²) >= 11 is 0. The molecular weight excluding hydrogens is 272 g/mol. The molecule has 1 saturated carbocycles. The molecule has 0 aliphatic heterocycles. The predicted molar refractivity (Wildman–Crippen MR) is 78.1 cm³/mol. The van der Waals surface area contributed by atoms with E-state index in [1.165, 1.54) is 23.5 Å². The van der Waals surface area contributed by atoms with Crippen LogP contribution >= 0.6 is 0 Å². The molecule has 1 aliphatic carbocycles. The SMILES string of the molecule is CCC1CCC(NC(=O)Nc2cnn(CC(=O)O)c2)CC1. The first kappa shape index (κ1) is 15.3. The minimum atomic E-state index is -0.971. The van der Waals surface area contributed by atoms with E-state index >= 15 is 0 Å². The van der Waals surface area contributed by atoms with Gasteiger partial charge in [0, 0.05) is 12.2 Å². The maximum atomic E-state index is 11.9. The molecule has 1 aromatic heterocycles. The number of urea groups is 1. The van der Waals surface area contributed by atoms with Gasteiger partial charge >= 0.3 is 12.0 Å². The molecular formula is C14H22N4O3. The van der Waals surface area contributed by atoms with E-state index in [1.54, 1.807) is 0 Å². The van der Waals surface area contributed by atoms with Crippen LogP contribution in [0.2, 0.25) is 0 Å². The van der Waals surface area contributed by atoms with E-state index in [0.29, 0.717) is 5.69 Å². The lowest BCUT2D eigenvalue weighted by Crippen LogP contribution is -2.40. The van der Waals surface area contributed by atoms with Crippen LogP contribution in [0.3, 0.4) is 0 Å². The average molecular weight is 294 g/mol. The van der Waals surface area contributed by atoms with Gasteiger partial charge in [-0.25, -0.2) is 4.79 Å². The van der Waals surface area contributed by atoms with Crippen LogP contribution in [0.1, 0.15) is 39.0 Å². The van der Waals surface area contributed by atoms with Crippen LogP contribution < -0.4 is 10.6 Å². The molecule has 0 atom stereocenters. The monoisotopic (exact) mass is 294 g/mol. The first-order valence-electron chi connectivity index (χ1n) is 7.38. The normalized spacial score (nSPS) is 21.8. The van der Waals surface area contributed by atoms with Crippen LogP contribution in [0.4, 0.5) is 10.5 Å². The highest BCUT2D eigenvalue weighted by Gasteiger charge is 2.21. The van der Waals surface area contributed by atoms with Gasteiger partial charge in [0.25, 0.3) is 0 Å². The highest BCUT2D eigenvalue weighted by Crippen LogP contribution is 2.26. The summed E-state index contributed by atoms with van der Waals surface area (Å²) in [5, 5.41) is 18.2. The number of carbonyl (C=O) groups excluding carboxylic acids is 1. The molecule has 7 heteroatoms. The fourth-order valence-corrected chi connectivity index (χ4v) is 2.72. The van der Waals surface area contributed by atoms with Crippen LogP contribution in [0, 0.1) is 5.92 Å². The predicted octanol–water partition coefficient (Wildman–Crippen LogP) is 2.06. The molecule has 3 N–H and O–H groups in total. The lowest BCUT2D eigenvalue weighted by atomic mass is 9.85. The van der Waals surface area contributed by atoms with Crippen molar-refractivity contribution in [3.05, 3.63) is 12.4 Å². The lowest BCUT2D eigenvalue weighted by molar-refractivity contribution is -0.137. The Kier molecular flexibility index (Phi) is 5.19. The number of nitrogens with one attached hydrogen (secondary N) is 2. The summed E-state index contributed by atoms with van der Waals surface area (Å²) in [7, 11) is 0. The number of aliphatic carboxylic acids is 1. The third-order valence-electron chi connectivity index (χ3n) is 3.95. The number of nitrogens with zero attached hydrogens (tertiary/aromatic N) is 2. The largest absolute Gasteiger partial charge is 0.480 e. The quantitative estimate of drug-likeness (QED) is 0.774. The van der Waals surface area contributed by atoms with Crippen LogP contribution in [-0.4, -0.2) is 32.9 Å². The second-order valence-electron chi connectivity index (χ2n) is 5.54. The zero-order valence-corrected chi connectivity index (χ0v) is 12.2. The van der Waals surface area contributed by atoms with Gasteiger partial charge in [-0.1, -0.05) is 13.3 Å². The third-order valence-corrected chi connectivity index (χ3v) is 3.95. The molecule has 21 heavy (non-hydrogen) atoms. The van der Waals surface area contributed by atoms with Crippen LogP contribution in [0.25, 0.3) is 0 Å². The van der Waals surface area contributed by atoms with Crippen LogP contribution in [0.5, 0.6) is 0 Å². The number of rotatable bonds is 5. The van der Waals surface area contributed by atoms with Gasteiger partial charge in [0.15, 0.2) is 0 Å². The Morgan fingerprint density at radius 3 is 2.71 bits per heavy atom. The van der Waals surface area contributed by atoms with Gasteiger partial charge in [-0.15, -0.1) is 0 Å². The fourth-order valence-electron chi connectivity index (χ4n) is 2.72. The number of hydrogen-bond donors (Lipinski definition) is 3. The molecule has 2 rings (SSSR count). The maximum absolute atomic E-state index is 11.9. The number of amides is 2. The van der Waals surface area contributed by atoms with Crippen molar-refractivity contribution in [1.82, 2.24) is 15.1 Å². The number of carboxylic acid groups (broad SMARTS) is 1. The van der Waals surface area contributed by atoms with E-state index in [1.807, 2.05) is 0 Å². The van der Waals surface area contributed by atoms with Gasteiger partial charge in [-0.05, 0) is 31.6 Å². The third kappa shape index (κ3) is 4.77. The van der Waals surface area contributed by atoms with Gasteiger partial charge < -0.3 is 15.7 Å². The highest BCUT2D eigenvalue weighted by molar-refractivity contribution is 5.89. The maximum Gasteiger partial charge on any atom is 0.325 e. The summed E-state index contributed by atoms with van der Waals surface area (Å²) in [6.07, 6.45) is 8.52. The molecule has 0 aromatic carbocycles. The van der Waals surface area contributed by atoms with Crippen LogP contribution in [0.15, 0.2) is 12.4 Å². The minimum Gasteiger partial charge on any atom is -0.480 e. The van der Waals surface area contributed by atoms with Crippen molar-refractivity contribution in [2.75, 3.05) is 5.32 Å². The number of carbonyl (C=O) groups is 2. The Bertz CT molecular complexity index is 492. The van der Waals surface area contributed by atoms with E-state index in [2.05, 4.69) is 22.7 Å². The minimum absolute atomic E-state index is 0.218. The topological polar surface area (TPSA) is 96.3 Å². The zero-order chi connectivity index (χ0) is 15.2. The number of hydrogen-bond acceptors (Lipinski definition) is 3. The zero-order valence-electron chi connectivity index (χ0n) is 12.2. The molecule has 0 unspecified atom stereocenters. The number of anilines is 1. The molecule has 1 fully saturated rings. The molecule has 0 saturated heterocycles. The standard InChI is InChI=1S/C14H22N4O3/c1-2-10-3-5-11(6-4-10)16-14(21)17-12-7-15-18(8-12)9-13(19)20/h7-8,10-11H,2-6,9H2,1H3,(H,19,20)(H2,16,17,21). The van der Waals surface area contributed by atoms with Crippen molar-refractivity contribution in [1.29, 1.82) is 0 Å². The molecule has 116 valence electrons. The van der Waals surface area contributed by atoms with E-state index in [9.17, 15) is 9.59 Å². The van der Waals surface area contributed by atoms with Crippen molar-refractivity contribution in [3.63, 3.8) is 0 Å². The van der Waals surface area contributed by atoms with Gasteiger partial charge in [0.05, 0.1) is 11.9 Å². The van der Waals surface area contributed by atoms with Crippen molar-refractivity contribution < 1.29 is 14.7 Å². The molecule has 2 amide bonds. The molecule has 1 aromatic rings. The van der Waals surface area contributed by atoms with Crippen molar-refractivity contribution in [2.24, 2.45) is 5.92 Å². The van der Waals surface area contributed by atoms with Gasteiger partial charge in [-0.2, -0.15) is 5.10 Å². The van der Waals surface area contributed by atoms with Crippen molar-refractivity contribution in [2.45, 2.75) is 51.6 Å². The Morgan fingerprint density at radius 2 is 2.10 bits per heavy atom. The van der Waals surface area contributed by atoms with E-state index in [-0.39, 0.29) is 18.6 Å².